The van der Waals surface area contributed by atoms with Gasteiger partial charge < -0.3 is 0 Å². The summed E-state index contributed by atoms with van der Waals surface area (Å²) in [6.07, 6.45) is 10.7. The van der Waals surface area contributed by atoms with E-state index in [1.165, 1.54) is 44.9 Å². The van der Waals surface area contributed by atoms with E-state index in [9.17, 15) is 0 Å². The molecule has 0 aromatic heterocycles. The molecule has 2 atom stereocenters. The molecule has 2 aliphatic rings. The van der Waals surface area contributed by atoms with E-state index in [1.807, 2.05) is 0 Å². The van der Waals surface area contributed by atoms with Gasteiger partial charge in [-0.2, -0.15) is 0 Å². The lowest BCUT2D eigenvalue weighted by Gasteiger charge is -2.36. The van der Waals surface area contributed by atoms with Gasteiger partial charge in [-0.3, -0.25) is 0 Å². The Balaban J connectivity index is 2.10. The molecule has 2 aliphatic carbocycles. The van der Waals surface area contributed by atoms with Gasteiger partial charge in [-0.25, -0.2) is 0 Å². The number of hydrogen-bond donors (Lipinski definition) is 0. The van der Waals surface area contributed by atoms with Crippen molar-refractivity contribution in [2.24, 2.45) is 11.3 Å². The van der Waals surface area contributed by atoms with Crippen LogP contribution < -0.4 is 0 Å². The Morgan fingerprint density at radius 2 is 1.70 bits per heavy atom. The summed E-state index contributed by atoms with van der Waals surface area (Å²) in [5.41, 5.74) is 0.790. The van der Waals surface area contributed by atoms with Crippen molar-refractivity contribution in [3.8, 4) is 0 Å². The maximum atomic E-state index is 2.52. The van der Waals surface area contributed by atoms with Crippen LogP contribution in [0, 0.1) is 11.3 Å². The molecular formula is C10H18. The fourth-order valence-corrected chi connectivity index (χ4v) is 3.05. The average molecular weight is 138 g/mol. The Labute approximate surface area is 64.0 Å². The third-order valence-electron chi connectivity index (χ3n) is 3.84. The molecule has 0 amide bonds. The second-order valence-electron chi connectivity index (χ2n) is 4.49. The molecule has 0 aliphatic heterocycles. The van der Waals surface area contributed by atoms with Crippen molar-refractivity contribution < 1.29 is 0 Å². The minimum atomic E-state index is 0.790. The van der Waals surface area contributed by atoms with Crippen LogP contribution in [0.5, 0.6) is 0 Å². The molecule has 2 rings (SSSR count). The van der Waals surface area contributed by atoms with Crippen LogP contribution in [0.15, 0.2) is 0 Å². The highest BCUT2D eigenvalue weighted by Gasteiger charge is 2.39. The molecule has 0 bridgehead atoms. The van der Waals surface area contributed by atoms with E-state index in [4.69, 9.17) is 0 Å². The van der Waals surface area contributed by atoms with Gasteiger partial charge in [0.15, 0.2) is 0 Å². The van der Waals surface area contributed by atoms with Gasteiger partial charge in [-0.05, 0) is 37.0 Å². The highest BCUT2D eigenvalue weighted by atomic mass is 14.4. The summed E-state index contributed by atoms with van der Waals surface area (Å²) in [6, 6.07) is 0. The predicted octanol–water partition coefficient (Wildman–Crippen LogP) is 3.37. The molecule has 0 aromatic carbocycles. The van der Waals surface area contributed by atoms with Gasteiger partial charge in [0, 0.05) is 0 Å². The molecule has 0 radical (unpaired) electrons. The smallest absolute Gasteiger partial charge is 0.0298 e. The van der Waals surface area contributed by atoms with Crippen LogP contribution in [0.2, 0.25) is 0 Å². The summed E-state index contributed by atoms with van der Waals surface area (Å²) in [7, 11) is 0. The van der Waals surface area contributed by atoms with Crippen molar-refractivity contribution in [1.82, 2.24) is 0 Å². The number of fused-ring (bicyclic) bond motifs is 1. The van der Waals surface area contributed by atoms with Gasteiger partial charge in [0.25, 0.3) is 0 Å². The van der Waals surface area contributed by atoms with Crippen molar-refractivity contribution in [1.29, 1.82) is 0 Å². The molecule has 10 heavy (non-hydrogen) atoms. The van der Waals surface area contributed by atoms with Crippen LogP contribution in [-0.2, 0) is 0 Å². The summed E-state index contributed by atoms with van der Waals surface area (Å²) in [4.78, 5) is 0. The Morgan fingerprint density at radius 1 is 1.00 bits per heavy atom. The Kier molecular flexibility index (Phi) is 1.51. The molecule has 0 unspecified atom stereocenters. The predicted molar refractivity (Wildman–Crippen MR) is 43.9 cm³/mol. The normalized spacial score (nSPS) is 47.1. The first-order valence-electron chi connectivity index (χ1n) is 4.81. The average Bonchev–Trinajstić information content (AvgIpc) is 2.29. The molecule has 0 aromatic rings. The van der Waals surface area contributed by atoms with Crippen molar-refractivity contribution in [3.63, 3.8) is 0 Å². The van der Waals surface area contributed by atoms with Crippen molar-refractivity contribution in [2.75, 3.05) is 0 Å². The van der Waals surface area contributed by atoms with E-state index in [-0.39, 0.29) is 0 Å². The van der Waals surface area contributed by atoms with E-state index in [0.29, 0.717) is 0 Å². The topological polar surface area (TPSA) is 0 Å². The summed E-state index contributed by atoms with van der Waals surface area (Å²) >= 11 is 0. The van der Waals surface area contributed by atoms with Crippen LogP contribution in [-0.4, -0.2) is 0 Å². The van der Waals surface area contributed by atoms with Gasteiger partial charge >= 0.3 is 0 Å². The SMILES string of the molecule is C[C@@]12CCCC[C@H]1CCC2. The van der Waals surface area contributed by atoms with Gasteiger partial charge in [-0.1, -0.05) is 26.2 Å². The molecular weight excluding hydrogens is 120 g/mol. The van der Waals surface area contributed by atoms with E-state index in [1.54, 1.807) is 0 Å². The van der Waals surface area contributed by atoms with Crippen molar-refractivity contribution in [3.05, 3.63) is 0 Å². The van der Waals surface area contributed by atoms with Crippen LogP contribution in [0.4, 0.5) is 0 Å². The third kappa shape index (κ3) is 0.889. The lowest BCUT2D eigenvalue weighted by atomic mass is 9.70. The van der Waals surface area contributed by atoms with Crippen molar-refractivity contribution in [2.45, 2.75) is 51.9 Å². The lowest BCUT2D eigenvalue weighted by molar-refractivity contribution is 0.153. The van der Waals surface area contributed by atoms with E-state index < -0.39 is 0 Å². The molecule has 2 saturated carbocycles. The first-order valence-corrected chi connectivity index (χ1v) is 4.81. The highest BCUT2D eigenvalue weighted by Crippen LogP contribution is 2.51. The number of hydrogen-bond acceptors (Lipinski definition) is 0. The molecule has 0 spiro atoms. The molecule has 58 valence electrons. The molecule has 0 N–H and O–H groups in total. The number of rotatable bonds is 0. The summed E-state index contributed by atoms with van der Waals surface area (Å²) in [5.74, 6) is 1.11. The molecule has 0 heteroatoms. The second kappa shape index (κ2) is 2.25. The molecule has 0 heterocycles. The maximum Gasteiger partial charge on any atom is -0.0298 e. The zero-order valence-corrected chi connectivity index (χ0v) is 7.03. The minimum absolute atomic E-state index is 0.790. The second-order valence-corrected chi connectivity index (χ2v) is 4.49. The van der Waals surface area contributed by atoms with Gasteiger partial charge in [0.2, 0.25) is 0 Å². The van der Waals surface area contributed by atoms with E-state index in [0.717, 1.165) is 11.3 Å². The quantitative estimate of drug-likeness (QED) is 0.481. The lowest BCUT2D eigenvalue weighted by Crippen LogP contribution is -2.25. The minimum Gasteiger partial charge on any atom is -0.0594 e. The third-order valence-corrected chi connectivity index (χ3v) is 3.84. The van der Waals surface area contributed by atoms with Crippen molar-refractivity contribution >= 4 is 0 Å². The fraction of sp³-hybridized carbons (Fsp3) is 1.00. The van der Waals surface area contributed by atoms with E-state index in [2.05, 4.69) is 6.92 Å². The zero-order valence-electron chi connectivity index (χ0n) is 7.03. The maximum absolute atomic E-state index is 2.52. The fourth-order valence-electron chi connectivity index (χ4n) is 3.05. The Bertz CT molecular complexity index is 128. The van der Waals surface area contributed by atoms with Gasteiger partial charge in [-0.15, -0.1) is 0 Å². The summed E-state index contributed by atoms with van der Waals surface area (Å²) in [6.45, 7) is 2.52. The van der Waals surface area contributed by atoms with Gasteiger partial charge in [0.05, 0.1) is 0 Å². The monoisotopic (exact) mass is 138 g/mol. The molecule has 0 nitrogen and oxygen atoms in total. The zero-order chi connectivity index (χ0) is 7.03. The Hall–Kier alpha value is 0. The van der Waals surface area contributed by atoms with Crippen LogP contribution in [0.25, 0.3) is 0 Å². The molecule has 2 fully saturated rings. The largest absolute Gasteiger partial charge is 0.0594 e. The molecule has 0 saturated heterocycles. The van der Waals surface area contributed by atoms with Crippen LogP contribution in [0.1, 0.15) is 51.9 Å². The van der Waals surface area contributed by atoms with Crippen LogP contribution >= 0.6 is 0 Å². The summed E-state index contributed by atoms with van der Waals surface area (Å²) < 4.78 is 0. The van der Waals surface area contributed by atoms with Crippen LogP contribution in [0.3, 0.4) is 0 Å². The van der Waals surface area contributed by atoms with Gasteiger partial charge in [0.1, 0.15) is 0 Å². The first-order chi connectivity index (χ1) is 4.81. The first kappa shape index (κ1) is 6.69. The standard InChI is InChI=1S/C10H18/c1-10-7-3-2-5-9(10)6-4-8-10/h9H,2-8H2,1H3/t9-,10-/m0/s1. The van der Waals surface area contributed by atoms with E-state index >= 15 is 0 Å². The summed E-state index contributed by atoms with van der Waals surface area (Å²) in [5, 5.41) is 0. The Morgan fingerprint density at radius 3 is 2.50 bits per heavy atom. The highest BCUT2D eigenvalue weighted by molar-refractivity contribution is 4.90.